The summed E-state index contributed by atoms with van der Waals surface area (Å²) in [6.07, 6.45) is 3.82. The van der Waals surface area contributed by atoms with E-state index in [1.54, 1.807) is 0 Å². The van der Waals surface area contributed by atoms with Crippen LogP contribution in [0.2, 0.25) is 0 Å². The summed E-state index contributed by atoms with van der Waals surface area (Å²) in [5, 5.41) is 3.04. The molecule has 5 heteroatoms. The number of ether oxygens (including phenoxy) is 1. The van der Waals surface area contributed by atoms with Crippen LogP contribution in [0.15, 0.2) is 24.3 Å². The summed E-state index contributed by atoms with van der Waals surface area (Å²) in [6, 6.07) is 8.04. The molecule has 1 aromatic carbocycles. The molecule has 2 atom stereocenters. The molecule has 1 aliphatic rings. The Morgan fingerprint density at radius 3 is 2.87 bits per heavy atom. The zero-order valence-corrected chi connectivity index (χ0v) is 14.3. The third kappa shape index (κ3) is 5.84. The summed E-state index contributed by atoms with van der Waals surface area (Å²) < 4.78 is 5.83. The van der Waals surface area contributed by atoms with Crippen molar-refractivity contribution in [2.24, 2.45) is 11.7 Å². The molecule has 1 aromatic rings. The van der Waals surface area contributed by atoms with Crippen LogP contribution >= 0.6 is 0 Å². The lowest BCUT2D eigenvalue weighted by Crippen LogP contribution is -2.37. The molecule has 23 heavy (non-hydrogen) atoms. The fraction of sp³-hybridized carbons (Fsp3) is 0.611. The van der Waals surface area contributed by atoms with Crippen molar-refractivity contribution in [1.82, 2.24) is 10.2 Å². The van der Waals surface area contributed by atoms with Crippen LogP contribution in [0, 0.1) is 5.92 Å². The van der Waals surface area contributed by atoms with Gasteiger partial charge < -0.3 is 20.7 Å². The van der Waals surface area contributed by atoms with Crippen LogP contribution in [0.4, 0.5) is 0 Å². The maximum absolute atomic E-state index is 12.3. The van der Waals surface area contributed by atoms with Crippen LogP contribution < -0.4 is 15.8 Å². The zero-order valence-electron chi connectivity index (χ0n) is 14.3. The van der Waals surface area contributed by atoms with Crippen LogP contribution in [0.3, 0.4) is 0 Å². The SMILES string of the molecule is CN(C)CCOc1ccccc1CNC(=O)C1CCCC(N)C1. The third-order valence-corrected chi connectivity index (χ3v) is 4.31. The number of carbonyl (C=O) groups excluding carboxylic acids is 1. The average Bonchev–Trinajstić information content (AvgIpc) is 2.53. The lowest BCUT2D eigenvalue weighted by Gasteiger charge is -2.25. The van der Waals surface area contributed by atoms with Gasteiger partial charge in [0.15, 0.2) is 0 Å². The molecule has 5 nitrogen and oxygen atoms in total. The van der Waals surface area contributed by atoms with E-state index in [2.05, 4.69) is 10.2 Å². The van der Waals surface area contributed by atoms with Crippen molar-refractivity contribution in [3.8, 4) is 5.75 Å². The lowest BCUT2D eigenvalue weighted by molar-refractivity contribution is -0.126. The van der Waals surface area contributed by atoms with Gasteiger partial charge in [0.25, 0.3) is 0 Å². The second-order valence-electron chi connectivity index (χ2n) is 6.60. The molecule has 1 aliphatic carbocycles. The minimum atomic E-state index is 0.0561. The molecule has 0 radical (unpaired) electrons. The van der Waals surface area contributed by atoms with Crippen LogP contribution in [0.25, 0.3) is 0 Å². The molecule has 0 saturated heterocycles. The zero-order chi connectivity index (χ0) is 16.7. The highest BCUT2D eigenvalue weighted by molar-refractivity contribution is 5.78. The topological polar surface area (TPSA) is 67.6 Å². The summed E-state index contributed by atoms with van der Waals surface area (Å²) in [6.45, 7) is 2.00. The van der Waals surface area contributed by atoms with E-state index < -0.39 is 0 Å². The van der Waals surface area contributed by atoms with Crippen LogP contribution in [-0.4, -0.2) is 44.1 Å². The van der Waals surface area contributed by atoms with E-state index in [0.29, 0.717) is 13.2 Å². The van der Waals surface area contributed by atoms with Gasteiger partial charge in [-0.3, -0.25) is 4.79 Å². The summed E-state index contributed by atoms with van der Waals surface area (Å²) in [5.41, 5.74) is 6.98. The minimum Gasteiger partial charge on any atom is -0.492 e. The molecule has 0 aliphatic heterocycles. The molecule has 1 saturated carbocycles. The third-order valence-electron chi connectivity index (χ3n) is 4.31. The van der Waals surface area contributed by atoms with E-state index in [9.17, 15) is 4.79 Å². The first-order chi connectivity index (χ1) is 11.1. The Hall–Kier alpha value is -1.59. The Labute approximate surface area is 139 Å². The molecular weight excluding hydrogens is 290 g/mol. The smallest absolute Gasteiger partial charge is 0.223 e. The summed E-state index contributed by atoms with van der Waals surface area (Å²) >= 11 is 0. The number of benzene rings is 1. The summed E-state index contributed by atoms with van der Waals surface area (Å²) in [4.78, 5) is 14.4. The first kappa shape index (κ1) is 17.8. The van der Waals surface area contributed by atoms with Gasteiger partial charge in [0.1, 0.15) is 12.4 Å². The largest absolute Gasteiger partial charge is 0.492 e. The van der Waals surface area contributed by atoms with Crippen molar-refractivity contribution in [1.29, 1.82) is 0 Å². The number of rotatable bonds is 7. The molecule has 0 bridgehead atoms. The van der Waals surface area contributed by atoms with Crippen molar-refractivity contribution in [2.45, 2.75) is 38.3 Å². The summed E-state index contributed by atoms with van der Waals surface area (Å²) in [7, 11) is 4.04. The van der Waals surface area contributed by atoms with Crippen LogP contribution in [0.5, 0.6) is 5.75 Å². The maximum atomic E-state index is 12.3. The normalized spacial score (nSPS) is 21.2. The highest BCUT2D eigenvalue weighted by atomic mass is 16.5. The highest BCUT2D eigenvalue weighted by Crippen LogP contribution is 2.24. The van der Waals surface area contributed by atoms with Gasteiger partial charge in [-0.2, -0.15) is 0 Å². The van der Waals surface area contributed by atoms with Gasteiger partial charge in [-0.05, 0) is 39.4 Å². The minimum absolute atomic E-state index is 0.0561. The van der Waals surface area contributed by atoms with Gasteiger partial charge in [0.05, 0.1) is 0 Å². The fourth-order valence-corrected chi connectivity index (χ4v) is 2.92. The number of amides is 1. The number of hydrogen-bond acceptors (Lipinski definition) is 4. The highest BCUT2D eigenvalue weighted by Gasteiger charge is 2.25. The second-order valence-corrected chi connectivity index (χ2v) is 6.60. The van der Waals surface area contributed by atoms with E-state index in [1.807, 2.05) is 38.4 Å². The van der Waals surface area contributed by atoms with Gasteiger partial charge in [-0.15, -0.1) is 0 Å². The van der Waals surface area contributed by atoms with E-state index in [4.69, 9.17) is 10.5 Å². The number of para-hydroxylation sites is 1. The van der Waals surface area contributed by atoms with E-state index >= 15 is 0 Å². The number of hydrogen-bond donors (Lipinski definition) is 2. The molecule has 2 unspecified atom stereocenters. The molecule has 0 spiro atoms. The molecule has 0 aromatic heterocycles. The Kier molecular flexibility index (Phi) is 6.86. The number of carbonyl (C=O) groups is 1. The predicted octanol–water partition coefficient (Wildman–Crippen LogP) is 1.76. The van der Waals surface area contributed by atoms with Crippen molar-refractivity contribution < 1.29 is 9.53 Å². The van der Waals surface area contributed by atoms with Gasteiger partial charge in [0.2, 0.25) is 5.91 Å². The standard InChI is InChI=1S/C18H29N3O2/c1-21(2)10-11-23-17-9-4-3-6-15(17)13-20-18(22)14-7-5-8-16(19)12-14/h3-4,6,9,14,16H,5,7-8,10-13,19H2,1-2H3,(H,20,22). The Bertz CT molecular complexity index is 505. The van der Waals surface area contributed by atoms with Crippen LogP contribution in [0.1, 0.15) is 31.2 Å². The first-order valence-corrected chi connectivity index (χ1v) is 8.45. The molecule has 3 N–H and O–H groups in total. The number of nitrogens with zero attached hydrogens (tertiary/aromatic N) is 1. The molecule has 1 amide bonds. The van der Waals surface area contributed by atoms with Gasteiger partial charge in [-0.25, -0.2) is 0 Å². The van der Waals surface area contributed by atoms with Crippen molar-refractivity contribution in [2.75, 3.05) is 27.2 Å². The molecule has 1 fully saturated rings. The van der Waals surface area contributed by atoms with Gasteiger partial charge in [0, 0.05) is 30.6 Å². The van der Waals surface area contributed by atoms with E-state index in [1.165, 1.54) is 0 Å². The van der Waals surface area contributed by atoms with Crippen molar-refractivity contribution >= 4 is 5.91 Å². The number of likely N-dealkylation sites (N-methyl/N-ethyl adjacent to an activating group) is 1. The van der Waals surface area contributed by atoms with Crippen molar-refractivity contribution in [3.05, 3.63) is 29.8 Å². The number of nitrogens with two attached hydrogens (primary N) is 1. The Morgan fingerprint density at radius 2 is 2.13 bits per heavy atom. The first-order valence-electron chi connectivity index (χ1n) is 8.45. The van der Waals surface area contributed by atoms with E-state index in [-0.39, 0.29) is 17.9 Å². The monoisotopic (exact) mass is 319 g/mol. The molecule has 128 valence electrons. The van der Waals surface area contributed by atoms with Gasteiger partial charge >= 0.3 is 0 Å². The van der Waals surface area contributed by atoms with E-state index in [0.717, 1.165) is 43.5 Å². The number of nitrogens with one attached hydrogen (secondary N) is 1. The maximum Gasteiger partial charge on any atom is 0.223 e. The second kappa shape index (κ2) is 8.89. The molecule has 0 heterocycles. The quantitative estimate of drug-likeness (QED) is 0.803. The van der Waals surface area contributed by atoms with Crippen molar-refractivity contribution in [3.63, 3.8) is 0 Å². The summed E-state index contributed by atoms with van der Waals surface area (Å²) in [5.74, 6) is 1.01. The Morgan fingerprint density at radius 1 is 1.35 bits per heavy atom. The van der Waals surface area contributed by atoms with Crippen LogP contribution in [-0.2, 0) is 11.3 Å². The fourth-order valence-electron chi connectivity index (χ4n) is 2.92. The molecule has 2 rings (SSSR count). The lowest BCUT2D eigenvalue weighted by atomic mass is 9.85. The van der Waals surface area contributed by atoms with Gasteiger partial charge in [-0.1, -0.05) is 24.6 Å². The predicted molar refractivity (Wildman–Crippen MR) is 92.3 cm³/mol. The average molecular weight is 319 g/mol. The Balaban J connectivity index is 1.86. The molecular formula is C18H29N3O2.